The average Bonchev–Trinajstić information content (AvgIpc) is 3.16. The number of fused-ring (bicyclic) bond motifs is 1. The molecule has 1 aromatic carbocycles. The van der Waals surface area contributed by atoms with E-state index in [-0.39, 0.29) is 5.75 Å². The normalized spacial score (nSPS) is 24.5. The molecule has 0 aliphatic carbocycles. The highest BCUT2D eigenvalue weighted by Crippen LogP contribution is 2.33. The van der Waals surface area contributed by atoms with Crippen molar-refractivity contribution >= 4 is 10.0 Å². The maximum Gasteiger partial charge on any atom is 0.231 e. The Hall–Kier alpha value is -1.35. The zero-order chi connectivity index (χ0) is 19.6. The number of sulfonamides is 1. The van der Waals surface area contributed by atoms with Gasteiger partial charge in [0.25, 0.3) is 0 Å². The van der Waals surface area contributed by atoms with Crippen LogP contribution in [-0.2, 0) is 16.6 Å². The van der Waals surface area contributed by atoms with E-state index in [2.05, 4.69) is 21.9 Å². The van der Waals surface area contributed by atoms with Crippen LogP contribution in [-0.4, -0.2) is 80.4 Å². The second kappa shape index (κ2) is 8.57. The minimum atomic E-state index is -3.09. The number of rotatable bonds is 6. The molecule has 8 heteroatoms. The van der Waals surface area contributed by atoms with Crippen molar-refractivity contribution in [3.8, 4) is 11.5 Å². The van der Waals surface area contributed by atoms with Crippen LogP contribution in [0.3, 0.4) is 0 Å². The van der Waals surface area contributed by atoms with Gasteiger partial charge in [0.2, 0.25) is 16.8 Å². The van der Waals surface area contributed by atoms with Gasteiger partial charge < -0.3 is 9.47 Å². The minimum Gasteiger partial charge on any atom is -0.454 e. The molecule has 0 unspecified atom stereocenters. The summed E-state index contributed by atoms with van der Waals surface area (Å²) in [6.45, 7) is 8.49. The van der Waals surface area contributed by atoms with Crippen LogP contribution < -0.4 is 9.47 Å². The van der Waals surface area contributed by atoms with Gasteiger partial charge in [-0.15, -0.1) is 0 Å². The van der Waals surface area contributed by atoms with Gasteiger partial charge >= 0.3 is 0 Å². The van der Waals surface area contributed by atoms with Gasteiger partial charge in [0.05, 0.1) is 5.75 Å². The Bertz CT molecular complexity index is 778. The van der Waals surface area contributed by atoms with Crippen molar-refractivity contribution in [3.63, 3.8) is 0 Å². The Balaban J connectivity index is 1.29. The average molecular weight is 410 g/mol. The SMILES string of the molecule is CCCS(=O)(=O)N1CCC[C@@H](N2CCN(Cc3ccc4c(c3)OCO4)CC2)C1. The molecule has 0 saturated carbocycles. The lowest BCUT2D eigenvalue weighted by Gasteiger charge is -2.43. The minimum absolute atomic E-state index is 0.267. The molecule has 1 aromatic rings. The lowest BCUT2D eigenvalue weighted by atomic mass is 10.0. The van der Waals surface area contributed by atoms with E-state index in [1.165, 1.54) is 5.56 Å². The number of hydrogen-bond donors (Lipinski definition) is 0. The molecule has 0 radical (unpaired) electrons. The highest BCUT2D eigenvalue weighted by atomic mass is 32.2. The van der Waals surface area contributed by atoms with E-state index < -0.39 is 10.0 Å². The first-order chi connectivity index (χ1) is 13.5. The van der Waals surface area contributed by atoms with E-state index >= 15 is 0 Å². The zero-order valence-corrected chi connectivity index (χ0v) is 17.5. The molecular formula is C20H31N3O4S. The Morgan fingerprint density at radius 2 is 1.86 bits per heavy atom. The molecule has 156 valence electrons. The fraction of sp³-hybridized carbons (Fsp3) is 0.700. The third kappa shape index (κ3) is 4.45. The summed E-state index contributed by atoms with van der Waals surface area (Å²) in [4.78, 5) is 4.95. The Morgan fingerprint density at radius 1 is 1.07 bits per heavy atom. The van der Waals surface area contributed by atoms with Crippen LogP contribution >= 0.6 is 0 Å². The van der Waals surface area contributed by atoms with E-state index in [0.717, 1.165) is 57.1 Å². The third-order valence-electron chi connectivity index (χ3n) is 5.98. The van der Waals surface area contributed by atoms with Gasteiger partial charge in [0.1, 0.15) is 0 Å². The molecule has 2 fully saturated rings. The van der Waals surface area contributed by atoms with E-state index in [9.17, 15) is 8.42 Å². The quantitative estimate of drug-likeness (QED) is 0.713. The van der Waals surface area contributed by atoms with Crippen molar-refractivity contribution in [1.82, 2.24) is 14.1 Å². The predicted octanol–water partition coefficient (Wildman–Crippen LogP) is 1.74. The van der Waals surface area contributed by atoms with Crippen LogP contribution in [0, 0.1) is 0 Å². The first-order valence-electron chi connectivity index (χ1n) is 10.4. The molecule has 4 rings (SSSR count). The highest BCUT2D eigenvalue weighted by Gasteiger charge is 2.32. The van der Waals surface area contributed by atoms with E-state index in [0.29, 0.717) is 32.3 Å². The molecule has 3 aliphatic heterocycles. The van der Waals surface area contributed by atoms with Crippen LogP contribution in [0.25, 0.3) is 0 Å². The fourth-order valence-electron chi connectivity index (χ4n) is 4.44. The Labute approximate surface area is 168 Å². The summed E-state index contributed by atoms with van der Waals surface area (Å²) in [6, 6.07) is 6.53. The summed E-state index contributed by atoms with van der Waals surface area (Å²) in [6.07, 6.45) is 2.74. The topological polar surface area (TPSA) is 62.3 Å². The molecular weight excluding hydrogens is 378 g/mol. The van der Waals surface area contributed by atoms with Crippen LogP contribution in [0.1, 0.15) is 31.7 Å². The monoisotopic (exact) mass is 409 g/mol. The first kappa shape index (κ1) is 19.9. The Kier molecular flexibility index (Phi) is 6.10. The summed E-state index contributed by atoms with van der Waals surface area (Å²) in [5.41, 5.74) is 1.24. The largest absolute Gasteiger partial charge is 0.454 e. The molecule has 28 heavy (non-hydrogen) atoms. The molecule has 0 N–H and O–H groups in total. The van der Waals surface area contributed by atoms with Crippen molar-refractivity contribution in [2.24, 2.45) is 0 Å². The van der Waals surface area contributed by atoms with Crippen molar-refractivity contribution in [3.05, 3.63) is 23.8 Å². The van der Waals surface area contributed by atoms with Gasteiger partial charge in [-0.1, -0.05) is 13.0 Å². The maximum absolute atomic E-state index is 12.4. The van der Waals surface area contributed by atoms with Crippen molar-refractivity contribution in [1.29, 1.82) is 0 Å². The summed E-state index contributed by atoms with van der Waals surface area (Å²) in [5.74, 6) is 1.93. The summed E-state index contributed by atoms with van der Waals surface area (Å²) >= 11 is 0. The number of piperidine rings is 1. The van der Waals surface area contributed by atoms with Crippen LogP contribution in [0.15, 0.2) is 18.2 Å². The number of benzene rings is 1. The standard InChI is InChI=1S/C20H31N3O4S/c1-2-12-28(24,25)23-7-3-4-18(15-23)22-10-8-21(9-11-22)14-17-5-6-19-20(13-17)27-16-26-19/h5-6,13,18H,2-4,7-12,14-16H2,1H3/t18-/m1/s1. The summed E-state index contributed by atoms with van der Waals surface area (Å²) in [7, 11) is -3.09. The summed E-state index contributed by atoms with van der Waals surface area (Å²) in [5, 5.41) is 0. The highest BCUT2D eigenvalue weighted by molar-refractivity contribution is 7.89. The maximum atomic E-state index is 12.4. The second-order valence-corrected chi connectivity index (χ2v) is 10.1. The number of hydrogen-bond acceptors (Lipinski definition) is 6. The van der Waals surface area contributed by atoms with Crippen molar-refractivity contribution in [2.75, 3.05) is 51.8 Å². The lowest BCUT2D eigenvalue weighted by molar-refractivity contribution is 0.0675. The van der Waals surface area contributed by atoms with Gasteiger partial charge in [0, 0.05) is 51.9 Å². The van der Waals surface area contributed by atoms with E-state index in [1.54, 1.807) is 4.31 Å². The molecule has 3 heterocycles. The number of piperazine rings is 1. The number of nitrogens with zero attached hydrogens (tertiary/aromatic N) is 3. The van der Waals surface area contributed by atoms with Gasteiger partial charge in [-0.05, 0) is 37.0 Å². The second-order valence-electron chi connectivity index (χ2n) is 7.97. The lowest BCUT2D eigenvalue weighted by Crippen LogP contribution is -2.55. The smallest absolute Gasteiger partial charge is 0.231 e. The molecule has 0 bridgehead atoms. The first-order valence-corrected chi connectivity index (χ1v) is 12.0. The van der Waals surface area contributed by atoms with E-state index in [1.807, 2.05) is 13.0 Å². The Morgan fingerprint density at radius 3 is 2.64 bits per heavy atom. The van der Waals surface area contributed by atoms with Crippen LogP contribution in [0.2, 0.25) is 0 Å². The molecule has 3 aliphatic rings. The third-order valence-corrected chi connectivity index (χ3v) is 8.02. The molecule has 0 amide bonds. The van der Waals surface area contributed by atoms with Crippen molar-refractivity contribution < 1.29 is 17.9 Å². The molecule has 7 nitrogen and oxygen atoms in total. The van der Waals surface area contributed by atoms with Gasteiger partial charge in [-0.3, -0.25) is 9.80 Å². The molecule has 0 aromatic heterocycles. The van der Waals surface area contributed by atoms with Gasteiger partial charge in [-0.25, -0.2) is 12.7 Å². The number of ether oxygens (including phenoxy) is 2. The van der Waals surface area contributed by atoms with Gasteiger partial charge in [0.15, 0.2) is 11.5 Å². The van der Waals surface area contributed by atoms with E-state index in [4.69, 9.17) is 9.47 Å². The summed E-state index contributed by atoms with van der Waals surface area (Å²) < 4.78 is 37.4. The molecule has 1 atom stereocenters. The van der Waals surface area contributed by atoms with Crippen LogP contribution in [0.4, 0.5) is 0 Å². The van der Waals surface area contributed by atoms with Crippen LogP contribution in [0.5, 0.6) is 11.5 Å². The molecule has 0 spiro atoms. The molecule has 2 saturated heterocycles. The fourth-order valence-corrected chi connectivity index (χ4v) is 6.02. The van der Waals surface area contributed by atoms with Crippen molar-refractivity contribution in [2.45, 2.75) is 38.8 Å². The predicted molar refractivity (Wildman–Crippen MR) is 108 cm³/mol. The van der Waals surface area contributed by atoms with Gasteiger partial charge in [-0.2, -0.15) is 0 Å². The zero-order valence-electron chi connectivity index (χ0n) is 16.7.